The number of benzene rings is 1. The van der Waals surface area contributed by atoms with E-state index in [1.165, 1.54) is 0 Å². The molecule has 2 aromatic heterocycles. The fourth-order valence-electron chi connectivity index (χ4n) is 2.05. The molecule has 5 nitrogen and oxygen atoms in total. The van der Waals surface area contributed by atoms with Crippen molar-refractivity contribution in [3.8, 4) is 22.8 Å². The fourth-order valence-corrected chi connectivity index (χ4v) is 2.30. The summed E-state index contributed by atoms with van der Waals surface area (Å²) in [7, 11) is 0. The maximum atomic E-state index is 5.88. The molecular formula is C15H13BrN4O. The van der Waals surface area contributed by atoms with Crippen molar-refractivity contribution >= 4 is 21.6 Å². The molecule has 0 aliphatic rings. The Kier molecular flexibility index (Phi) is 3.70. The van der Waals surface area contributed by atoms with Crippen molar-refractivity contribution in [3.05, 3.63) is 46.7 Å². The summed E-state index contributed by atoms with van der Waals surface area (Å²) in [6.45, 7) is 2.07. The van der Waals surface area contributed by atoms with Gasteiger partial charge in [0.15, 0.2) is 0 Å². The number of aromatic nitrogens is 3. The highest BCUT2D eigenvalue weighted by Gasteiger charge is 2.13. The molecule has 0 atom stereocenters. The SMILES string of the molecule is CCc1cnccc1-c1noc(-c2ccc(Br)c(N)c2)n1. The molecule has 0 radical (unpaired) electrons. The number of halogens is 1. The van der Waals surface area contributed by atoms with E-state index in [9.17, 15) is 0 Å². The fraction of sp³-hybridized carbons (Fsp3) is 0.133. The predicted octanol–water partition coefficient (Wildman–Crippen LogP) is 3.71. The van der Waals surface area contributed by atoms with E-state index in [4.69, 9.17) is 10.3 Å². The third-order valence-corrected chi connectivity index (χ3v) is 3.92. The van der Waals surface area contributed by atoms with Crippen LogP contribution < -0.4 is 5.73 Å². The molecule has 0 saturated carbocycles. The highest BCUT2D eigenvalue weighted by molar-refractivity contribution is 9.10. The monoisotopic (exact) mass is 344 g/mol. The zero-order chi connectivity index (χ0) is 14.8. The van der Waals surface area contributed by atoms with Crippen LogP contribution in [0.15, 0.2) is 45.7 Å². The molecule has 0 saturated heterocycles. The van der Waals surface area contributed by atoms with E-state index in [0.29, 0.717) is 17.4 Å². The minimum Gasteiger partial charge on any atom is -0.398 e. The zero-order valence-electron chi connectivity index (χ0n) is 11.4. The van der Waals surface area contributed by atoms with Crippen molar-refractivity contribution in [2.75, 3.05) is 5.73 Å². The summed E-state index contributed by atoms with van der Waals surface area (Å²) in [4.78, 5) is 8.57. The number of nitrogens with two attached hydrogens (primary N) is 1. The van der Waals surface area contributed by atoms with Crippen LogP contribution >= 0.6 is 15.9 Å². The van der Waals surface area contributed by atoms with Gasteiger partial charge in [-0.2, -0.15) is 4.98 Å². The van der Waals surface area contributed by atoms with E-state index < -0.39 is 0 Å². The van der Waals surface area contributed by atoms with Crippen LogP contribution in [-0.4, -0.2) is 15.1 Å². The number of hydrogen-bond donors (Lipinski definition) is 1. The Hall–Kier alpha value is -2.21. The predicted molar refractivity (Wildman–Crippen MR) is 84.5 cm³/mol. The van der Waals surface area contributed by atoms with Crippen LogP contribution in [0.25, 0.3) is 22.8 Å². The molecule has 3 aromatic rings. The average molecular weight is 345 g/mol. The number of rotatable bonds is 3. The lowest BCUT2D eigenvalue weighted by Crippen LogP contribution is -1.91. The number of nitrogens with zero attached hydrogens (tertiary/aromatic N) is 3. The third kappa shape index (κ3) is 2.67. The highest BCUT2D eigenvalue weighted by Crippen LogP contribution is 2.28. The Morgan fingerprint density at radius 3 is 2.90 bits per heavy atom. The first-order chi connectivity index (χ1) is 10.2. The molecule has 2 N–H and O–H groups in total. The topological polar surface area (TPSA) is 77.8 Å². The van der Waals surface area contributed by atoms with E-state index in [1.807, 2.05) is 24.4 Å². The summed E-state index contributed by atoms with van der Waals surface area (Å²) in [5, 5.41) is 4.06. The molecule has 0 spiro atoms. The zero-order valence-corrected chi connectivity index (χ0v) is 13.0. The van der Waals surface area contributed by atoms with Crippen LogP contribution in [0.4, 0.5) is 5.69 Å². The number of hydrogen-bond acceptors (Lipinski definition) is 5. The Morgan fingerprint density at radius 1 is 1.29 bits per heavy atom. The van der Waals surface area contributed by atoms with Gasteiger partial charge in [-0.15, -0.1) is 0 Å². The van der Waals surface area contributed by atoms with Gasteiger partial charge in [0.2, 0.25) is 5.82 Å². The lowest BCUT2D eigenvalue weighted by atomic mass is 10.1. The Bertz CT molecular complexity index is 785. The number of pyridine rings is 1. The summed E-state index contributed by atoms with van der Waals surface area (Å²) in [6, 6.07) is 7.43. The molecular weight excluding hydrogens is 332 g/mol. The van der Waals surface area contributed by atoms with Crippen molar-refractivity contribution in [3.63, 3.8) is 0 Å². The van der Waals surface area contributed by atoms with Crippen molar-refractivity contribution in [2.24, 2.45) is 0 Å². The Labute approximate surface area is 130 Å². The van der Waals surface area contributed by atoms with Crippen molar-refractivity contribution in [2.45, 2.75) is 13.3 Å². The van der Waals surface area contributed by atoms with Gasteiger partial charge in [0, 0.05) is 33.7 Å². The standard InChI is InChI=1S/C15H13BrN4O/c1-2-9-8-18-6-5-11(9)14-19-15(21-20-14)10-3-4-12(16)13(17)7-10/h3-8H,2,17H2,1H3. The van der Waals surface area contributed by atoms with Gasteiger partial charge in [-0.25, -0.2) is 0 Å². The summed E-state index contributed by atoms with van der Waals surface area (Å²) < 4.78 is 6.19. The number of anilines is 1. The third-order valence-electron chi connectivity index (χ3n) is 3.19. The van der Waals surface area contributed by atoms with Crippen LogP contribution in [-0.2, 0) is 6.42 Å². The van der Waals surface area contributed by atoms with Gasteiger partial charge in [-0.05, 0) is 52.2 Å². The van der Waals surface area contributed by atoms with Crippen molar-refractivity contribution < 1.29 is 4.52 Å². The van der Waals surface area contributed by atoms with Crippen LogP contribution in [0, 0.1) is 0 Å². The molecule has 106 valence electrons. The molecule has 0 aliphatic heterocycles. The van der Waals surface area contributed by atoms with E-state index in [2.05, 4.69) is 38.0 Å². The summed E-state index contributed by atoms with van der Waals surface area (Å²) >= 11 is 3.36. The Balaban J connectivity index is 2.01. The van der Waals surface area contributed by atoms with Crippen molar-refractivity contribution in [1.82, 2.24) is 15.1 Å². The molecule has 0 aliphatic carbocycles. The molecule has 21 heavy (non-hydrogen) atoms. The lowest BCUT2D eigenvalue weighted by molar-refractivity contribution is 0.432. The second-order valence-electron chi connectivity index (χ2n) is 4.55. The van der Waals surface area contributed by atoms with Crippen molar-refractivity contribution in [1.29, 1.82) is 0 Å². The summed E-state index contributed by atoms with van der Waals surface area (Å²) in [6.07, 6.45) is 4.41. The minimum atomic E-state index is 0.447. The molecule has 2 heterocycles. The minimum absolute atomic E-state index is 0.447. The number of aryl methyl sites for hydroxylation is 1. The summed E-state index contributed by atoms with van der Waals surface area (Å²) in [5.74, 6) is 1.01. The van der Waals surface area contributed by atoms with Gasteiger partial charge in [0.1, 0.15) is 0 Å². The lowest BCUT2D eigenvalue weighted by Gasteiger charge is -2.01. The second kappa shape index (κ2) is 5.65. The van der Waals surface area contributed by atoms with Gasteiger partial charge in [0.05, 0.1) is 0 Å². The Morgan fingerprint density at radius 2 is 2.14 bits per heavy atom. The van der Waals surface area contributed by atoms with Gasteiger partial charge in [-0.1, -0.05) is 12.1 Å². The van der Waals surface area contributed by atoms with Gasteiger partial charge in [-0.3, -0.25) is 4.98 Å². The van der Waals surface area contributed by atoms with Crippen LogP contribution in [0.2, 0.25) is 0 Å². The molecule has 1 aromatic carbocycles. The van der Waals surface area contributed by atoms with E-state index in [1.54, 1.807) is 12.3 Å². The first kappa shape index (κ1) is 13.8. The average Bonchev–Trinajstić information content (AvgIpc) is 2.99. The van der Waals surface area contributed by atoms with Crippen LogP contribution in [0.1, 0.15) is 12.5 Å². The van der Waals surface area contributed by atoms with E-state index in [-0.39, 0.29) is 0 Å². The molecule has 0 bridgehead atoms. The first-order valence-electron chi connectivity index (χ1n) is 6.51. The first-order valence-corrected chi connectivity index (χ1v) is 7.30. The van der Waals surface area contributed by atoms with Crippen LogP contribution in [0.5, 0.6) is 0 Å². The maximum absolute atomic E-state index is 5.88. The van der Waals surface area contributed by atoms with Gasteiger partial charge < -0.3 is 10.3 Å². The normalized spacial score (nSPS) is 10.8. The molecule has 3 rings (SSSR count). The largest absolute Gasteiger partial charge is 0.398 e. The number of nitrogen functional groups attached to an aromatic ring is 1. The van der Waals surface area contributed by atoms with Crippen LogP contribution in [0.3, 0.4) is 0 Å². The van der Waals surface area contributed by atoms with Gasteiger partial charge >= 0.3 is 0 Å². The van der Waals surface area contributed by atoms with Gasteiger partial charge in [0.25, 0.3) is 5.89 Å². The maximum Gasteiger partial charge on any atom is 0.258 e. The smallest absolute Gasteiger partial charge is 0.258 e. The quantitative estimate of drug-likeness (QED) is 0.732. The molecule has 0 amide bonds. The highest BCUT2D eigenvalue weighted by atomic mass is 79.9. The molecule has 6 heteroatoms. The van der Waals surface area contributed by atoms with E-state index in [0.717, 1.165) is 27.6 Å². The molecule has 0 fully saturated rings. The summed E-state index contributed by atoms with van der Waals surface area (Å²) in [5.41, 5.74) is 9.32. The molecule has 0 unspecified atom stereocenters. The second-order valence-corrected chi connectivity index (χ2v) is 5.40. The van der Waals surface area contributed by atoms with E-state index >= 15 is 0 Å².